The fourth-order valence-electron chi connectivity index (χ4n) is 2.87. The van der Waals surface area contributed by atoms with E-state index in [0.717, 1.165) is 41.5 Å². The van der Waals surface area contributed by atoms with Gasteiger partial charge in [-0.2, -0.15) is 0 Å². The molecule has 0 radical (unpaired) electrons. The average Bonchev–Trinajstić information content (AvgIpc) is 2.98. The normalized spacial score (nSPS) is 21.6. The van der Waals surface area contributed by atoms with Gasteiger partial charge in [0.1, 0.15) is 0 Å². The Labute approximate surface area is 122 Å². The molecule has 2 fully saturated rings. The number of piperidine rings is 1. The van der Waals surface area contributed by atoms with Crippen molar-refractivity contribution < 1.29 is 14.3 Å². The number of rotatable bonds is 2. The molecule has 2 aliphatic heterocycles. The van der Waals surface area contributed by atoms with E-state index in [9.17, 15) is 4.79 Å². The highest BCUT2D eigenvalue weighted by Crippen LogP contribution is 2.31. The zero-order chi connectivity index (χ0) is 14.2. The zero-order valence-electron chi connectivity index (χ0n) is 12.0. The Bertz CT molecular complexity index is 499. The number of amides is 1. The quantitative estimate of drug-likeness (QED) is 0.833. The maximum atomic E-state index is 12.4. The summed E-state index contributed by atoms with van der Waals surface area (Å²) < 4.78 is 11.4. The van der Waals surface area contributed by atoms with E-state index in [2.05, 4.69) is 4.98 Å². The molecular weight excluding hydrogens is 276 g/mol. The highest BCUT2D eigenvalue weighted by molar-refractivity contribution is 7.11. The van der Waals surface area contributed by atoms with Crippen LogP contribution in [-0.4, -0.2) is 47.9 Å². The number of likely N-dealkylation sites (tertiary alicyclic amines) is 1. The van der Waals surface area contributed by atoms with Gasteiger partial charge in [-0.1, -0.05) is 0 Å². The van der Waals surface area contributed by atoms with Crippen LogP contribution >= 0.6 is 11.3 Å². The molecule has 0 saturated carbocycles. The zero-order valence-corrected chi connectivity index (χ0v) is 12.8. The number of ether oxygens (including phenoxy) is 2. The molecule has 1 aromatic heterocycles. The third-order valence-corrected chi connectivity index (χ3v) is 5.08. The molecule has 20 heavy (non-hydrogen) atoms. The van der Waals surface area contributed by atoms with Crippen LogP contribution < -0.4 is 0 Å². The van der Waals surface area contributed by atoms with Crippen LogP contribution in [0.15, 0.2) is 0 Å². The molecule has 0 aliphatic carbocycles. The van der Waals surface area contributed by atoms with Crippen molar-refractivity contribution in [3.8, 4) is 0 Å². The van der Waals surface area contributed by atoms with Crippen LogP contribution in [0, 0.1) is 13.8 Å². The van der Waals surface area contributed by atoms with E-state index in [1.165, 1.54) is 0 Å². The van der Waals surface area contributed by atoms with Crippen LogP contribution in [0.2, 0.25) is 0 Å². The molecule has 3 heterocycles. The van der Waals surface area contributed by atoms with E-state index in [1.54, 1.807) is 11.3 Å². The Kier molecular flexibility index (Phi) is 3.79. The number of aryl methyl sites for hydroxylation is 2. The molecule has 0 unspecified atom stereocenters. The Morgan fingerprint density at radius 2 is 1.95 bits per heavy atom. The summed E-state index contributed by atoms with van der Waals surface area (Å²) in [4.78, 5) is 19.7. The number of aromatic nitrogens is 1. The summed E-state index contributed by atoms with van der Waals surface area (Å²) in [5.41, 5.74) is 0.983. The van der Waals surface area contributed by atoms with E-state index in [0.29, 0.717) is 19.6 Å². The van der Waals surface area contributed by atoms with Gasteiger partial charge in [0, 0.05) is 30.8 Å². The van der Waals surface area contributed by atoms with Crippen molar-refractivity contribution in [1.29, 1.82) is 0 Å². The summed E-state index contributed by atoms with van der Waals surface area (Å²) in [5.74, 6) is -0.224. The van der Waals surface area contributed by atoms with Crippen LogP contribution in [0.5, 0.6) is 0 Å². The minimum atomic E-state index is -0.409. The van der Waals surface area contributed by atoms with Gasteiger partial charge in [0.25, 0.3) is 0 Å². The van der Waals surface area contributed by atoms with Crippen molar-refractivity contribution in [2.75, 3.05) is 26.3 Å². The predicted octanol–water partition coefficient (Wildman–Crippen LogP) is 1.67. The fraction of sp³-hybridized carbons (Fsp3) is 0.714. The van der Waals surface area contributed by atoms with Crippen LogP contribution in [0.1, 0.15) is 28.4 Å². The van der Waals surface area contributed by atoms with Crippen LogP contribution in [0.3, 0.4) is 0 Å². The van der Waals surface area contributed by atoms with Crippen LogP contribution in [0.4, 0.5) is 0 Å². The van der Waals surface area contributed by atoms with Gasteiger partial charge in [0.2, 0.25) is 5.91 Å². The second-order valence-electron chi connectivity index (χ2n) is 5.41. The van der Waals surface area contributed by atoms with Crippen molar-refractivity contribution in [2.24, 2.45) is 0 Å². The molecule has 0 atom stereocenters. The van der Waals surface area contributed by atoms with Gasteiger partial charge < -0.3 is 14.4 Å². The topological polar surface area (TPSA) is 51.7 Å². The minimum absolute atomic E-state index is 0.185. The molecule has 6 heteroatoms. The Morgan fingerprint density at radius 3 is 2.50 bits per heavy atom. The molecule has 0 N–H and O–H groups in total. The first-order valence-corrected chi connectivity index (χ1v) is 7.88. The summed E-state index contributed by atoms with van der Waals surface area (Å²) in [6.45, 7) is 6.73. The first kappa shape index (κ1) is 14.0. The van der Waals surface area contributed by atoms with Crippen LogP contribution in [0.25, 0.3) is 0 Å². The van der Waals surface area contributed by atoms with Crippen molar-refractivity contribution in [1.82, 2.24) is 9.88 Å². The second-order valence-corrected chi connectivity index (χ2v) is 6.69. The SMILES string of the molecule is Cc1nc(C)c(CC(=O)N2CCC3(CC2)OCCO3)s1. The first-order chi connectivity index (χ1) is 9.58. The number of carbonyl (C=O) groups is 1. The van der Waals surface area contributed by atoms with Gasteiger partial charge >= 0.3 is 0 Å². The maximum absolute atomic E-state index is 12.4. The van der Waals surface area contributed by atoms with Crippen LogP contribution in [-0.2, 0) is 20.7 Å². The summed E-state index contributed by atoms with van der Waals surface area (Å²) in [6.07, 6.45) is 2.02. The van der Waals surface area contributed by atoms with Gasteiger partial charge in [0.05, 0.1) is 30.3 Å². The van der Waals surface area contributed by atoms with E-state index < -0.39 is 5.79 Å². The largest absolute Gasteiger partial charge is 0.347 e. The molecule has 1 spiro atoms. The maximum Gasteiger partial charge on any atom is 0.227 e. The Hall–Kier alpha value is -0.980. The van der Waals surface area contributed by atoms with Gasteiger partial charge in [0.15, 0.2) is 5.79 Å². The highest BCUT2D eigenvalue weighted by atomic mass is 32.1. The van der Waals surface area contributed by atoms with Crippen molar-refractivity contribution >= 4 is 17.2 Å². The lowest BCUT2D eigenvalue weighted by atomic mass is 10.0. The Balaban J connectivity index is 1.58. The lowest BCUT2D eigenvalue weighted by molar-refractivity contribution is -0.187. The van der Waals surface area contributed by atoms with E-state index in [1.807, 2.05) is 18.7 Å². The highest BCUT2D eigenvalue weighted by Gasteiger charge is 2.40. The number of nitrogens with zero attached hydrogens (tertiary/aromatic N) is 2. The molecule has 2 aliphatic rings. The number of hydrogen-bond acceptors (Lipinski definition) is 5. The molecule has 0 aromatic carbocycles. The van der Waals surface area contributed by atoms with E-state index in [-0.39, 0.29) is 5.91 Å². The van der Waals surface area contributed by atoms with E-state index in [4.69, 9.17) is 9.47 Å². The molecule has 110 valence electrons. The predicted molar refractivity (Wildman–Crippen MR) is 75.7 cm³/mol. The number of thiazole rings is 1. The molecule has 2 saturated heterocycles. The molecular formula is C14H20N2O3S. The van der Waals surface area contributed by atoms with Gasteiger partial charge in [-0.05, 0) is 13.8 Å². The van der Waals surface area contributed by atoms with E-state index >= 15 is 0 Å². The number of carbonyl (C=O) groups excluding carboxylic acids is 1. The molecule has 0 bridgehead atoms. The first-order valence-electron chi connectivity index (χ1n) is 7.07. The van der Waals surface area contributed by atoms with Crippen molar-refractivity contribution in [3.05, 3.63) is 15.6 Å². The summed E-state index contributed by atoms with van der Waals surface area (Å²) >= 11 is 1.62. The summed E-state index contributed by atoms with van der Waals surface area (Å²) in [6, 6.07) is 0. The van der Waals surface area contributed by atoms with Gasteiger partial charge in [-0.15, -0.1) is 11.3 Å². The third kappa shape index (κ3) is 2.73. The summed E-state index contributed by atoms with van der Waals surface area (Å²) in [7, 11) is 0. The minimum Gasteiger partial charge on any atom is -0.347 e. The third-order valence-electron chi connectivity index (χ3n) is 4.00. The smallest absolute Gasteiger partial charge is 0.227 e. The fourth-order valence-corrected chi connectivity index (χ4v) is 3.80. The lowest BCUT2D eigenvalue weighted by Crippen LogP contribution is -2.47. The lowest BCUT2D eigenvalue weighted by Gasteiger charge is -2.37. The summed E-state index contributed by atoms with van der Waals surface area (Å²) in [5, 5.41) is 1.02. The second kappa shape index (κ2) is 5.42. The van der Waals surface area contributed by atoms with Gasteiger partial charge in [-0.3, -0.25) is 4.79 Å². The molecule has 5 nitrogen and oxygen atoms in total. The monoisotopic (exact) mass is 296 g/mol. The molecule has 3 rings (SSSR count). The van der Waals surface area contributed by atoms with Crippen molar-refractivity contribution in [3.63, 3.8) is 0 Å². The standard InChI is InChI=1S/C14H20N2O3S/c1-10-12(20-11(2)15-10)9-13(17)16-5-3-14(4-6-16)18-7-8-19-14/h3-9H2,1-2H3. The van der Waals surface area contributed by atoms with Crippen molar-refractivity contribution in [2.45, 2.75) is 38.9 Å². The average molecular weight is 296 g/mol. The van der Waals surface area contributed by atoms with Gasteiger partial charge in [-0.25, -0.2) is 4.98 Å². The molecule has 1 aromatic rings. The molecule has 1 amide bonds. The number of hydrogen-bond donors (Lipinski definition) is 0. The Morgan fingerprint density at radius 1 is 1.30 bits per heavy atom.